The van der Waals surface area contributed by atoms with Crippen molar-refractivity contribution in [3.8, 4) is 0 Å². The average Bonchev–Trinajstić information content (AvgIpc) is 2.82. The maximum absolute atomic E-state index is 5.90. The Balaban J connectivity index is 2.13. The van der Waals surface area contributed by atoms with Gasteiger partial charge in [-0.3, -0.25) is 5.10 Å². The number of benzene rings is 1. The summed E-state index contributed by atoms with van der Waals surface area (Å²) in [5.74, 6) is 0. The fourth-order valence-corrected chi connectivity index (χ4v) is 1.96. The van der Waals surface area contributed by atoms with Crippen molar-refractivity contribution >= 4 is 17.3 Å². The smallest absolute Gasteiger partial charge is 0.0728 e. The van der Waals surface area contributed by atoms with Crippen LogP contribution < -0.4 is 5.32 Å². The van der Waals surface area contributed by atoms with Gasteiger partial charge in [0.05, 0.1) is 17.9 Å². The van der Waals surface area contributed by atoms with Gasteiger partial charge in [0.1, 0.15) is 0 Å². The first-order chi connectivity index (χ1) is 8.29. The number of nitrogens with one attached hydrogen (secondary N) is 2. The predicted molar refractivity (Wildman–Crippen MR) is 71.3 cm³/mol. The highest BCUT2D eigenvalue weighted by Gasteiger charge is 2.10. The molecule has 0 aliphatic heterocycles. The minimum Gasteiger partial charge on any atom is -0.376 e. The number of nitrogens with zero attached hydrogens (tertiary/aromatic N) is 1. The van der Waals surface area contributed by atoms with Gasteiger partial charge in [-0.2, -0.15) is 5.10 Å². The van der Waals surface area contributed by atoms with Crippen LogP contribution >= 0.6 is 11.6 Å². The van der Waals surface area contributed by atoms with Crippen molar-refractivity contribution in [1.82, 2.24) is 10.2 Å². The first-order valence-corrected chi connectivity index (χ1v) is 6.18. The van der Waals surface area contributed by atoms with E-state index < -0.39 is 0 Å². The van der Waals surface area contributed by atoms with Gasteiger partial charge in [-0.25, -0.2) is 0 Å². The van der Waals surface area contributed by atoms with E-state index in [0.717, 1.165) is 23.6 Å². The Bertz CT molecular complexity index is 436. The van der Waals surface area contributed by atoms with Crippen molar-refractivity contribution in [1.29, 1.82) is 0 Å². The molecule has 17 heavy (non-hydrogen) atoms. The third kappa shape index (κ3) is 3.24. The van der Waals surface area contributed by atoms with Crippen LogP contribution in [0.4, 0.5) is 5.69 Å². The number of aromatic nitrogens is 2. The molecule has 90 valence electrons. The summed E-state index contributed by atoms with van der Waals surface area (Å²) in [5.41, 5.74) is 2.26. The molecule has 1 heterocycles. The molecule has 3 nitrogen and oxygen atoms in total. The number of anilines is 1. The third-order valence-corrected chi connectivity index (χ3v) is 2.94. The van der Waals surface area contributed by atoms with Gasteiger partial charge < -0.3 is 5.32 Å². The Labute approximate surface area is 106 Å². The normalized spacial score (nSPS) is 12.4. The summed E-state index contributed by atoms with van der Waals surface area (Å²) in [6.07, 6.45) is 5.85. The number of rotatable bonds is 5. The lowest BCUT2D eigenvalue weighted by atomic mass is 10.0. The Kier molecular flexibility index (Phi) is 4.04. The summed E-state index contributed by atoms with van der Waals surface area (Å²) in [5, 5.41) is 11.0. The van der Waals surface area contributed by atoms with Crippen LogP contribution in [-0.2, 0) is 0 Å². The van der Waals surface area contributed by atoms with E-state index in [4.69, 9.17) is 11.6 Å². The van der Waals surface area contributed by atoms with Crippen LogP contribution in [0.5, 0.6) is 0 Å². The third-order valence-electron chi connectivity index (χ3n) is 2.69. The predicted octanol–water partition coefficient (Wildman–Crippen LogP) is 4.02. The molecule has 0 amide bonds. The summed E-state index contributed by atoms with van der Waals surface area (Å²) in [6.45, 7) is 2.18. The maximum atomic E-state index is 5.90. The van der Waals surface area contributed by atoms with Crippen LogP contribution in [0.1, 0.15) is 31.4 Å². The van der Waals surface area contributed by atoms with Gasteiger partial charge in [0, 0.05) is 11.2 Å². The minimum absolute atomic E-state index is 0.301. The molecule has 0 radical (unpaired) electrons. The summed E-state index contributed by atoms with van der Waals surface area (Å²) in [6, 6.07) is 8.29. The van der Waals surface area contributed by atoms with E-state index in [1.165, 1.54) is 5.56 Å². The van der Waals surface area contributed by atoms with Crippen molar-refractivity contribution in [2.45, 2.75) is 25.8 Å². The molecule has 2 aromatic rings. The van der Waals surface area contributed by atoms with Crippen molar-refractivity contribution < 1.29 is 0 Å². The highest BCUT2D eigenvalue weighted by Crippen LogP contribution is 2.24. The molecular formula is C13H16ClN3. The van der Waals surface area contributed by atoms with Crippen LogP contribution in [0.2, 0.25) is 5.02 Å². The van der Waals surface area contributed by atoms with E-state index in [1.807, 2.05) is 18.3 Å². The van der Waals surface area contributed by atoms with E-state index in [2.05, 4.69) is 34.6 Å². The van der Waals surface area contributed by atoms with E-state index in [0.29, 0.717) is 6.04 Å². The van der Waals surface area contributed by atoms with Crippen molar-refractivity contribution in [3.63, 3.8) is 0 Å². The monoisotopic (exact) mass is 249 g/mol. The molecule has 0 saturated heterocycles. The number of aromatic amines is 1. The largest absolute Gasteiger partial charge is 0.376 e. The molecule has 1 aromatic heterocycles. The lowest BCUT2D eigenvalue weighted by Crippen LogP contribution is -2.09. The van der Waals surface area contributed by atoms with Gasteiger partial charge >= 0.3 is 0 Å². The Morgan fingerprint density at radius 2 is 2.12 bits per heavy atom. The zero-order valence-corrected chi connectivity index (χ0v) is 10.5. The SMILES string of the molecule is CCCC(Nc1cn[nH]c1)c1ccc(Cl)cc1. The van der Waals surface area contributed by atoms with Gasteiger partial charge in [0.2, 0.25) is 0 Å². The molecule has 0 bridgehead atoms. The van der Waals surface area contributed by atoms with Crippen molar-refractivity contribution in [2.75, 3.05) is 5.32 Å². The van der Waals surface area contributed by atoms with Crippen molar-refractivity contribution in [2.24, 2.45) is 0 Å². The highest BCUT2D eigenvalue weighted by atomic mass is 35.5. The fourth-order valence-electron chi connectivity index (χ4n) is 1.84. The molecule has 1 unspecified atom stereocenters. The van der Waals surface area contributed by atoms with Crippen LogP contribution in [0.15, 0.2) is 36.7 Å². The molecule has 1 atom stereocenters. The summed E-state index contributed by atoms with van der Waals surface area (Å²) in [4.78, 5) is 0. The quantitative estimate of drug-likeness (QED) is 0.840. The highest BCUT2D eigenvalue weighted by molar-refractivity contribution is 6.30. The fraction of sp³-hybridized carbons (Fsp3) is 0.308. The maximum Gasteiger partial charge on any atom is 0.0728 e. The van der Waals surface area contributed by atoms with Crippen LogP contribution in [0, 0.1) is 0 Å². The number of hydrogen-bond donors (Lipinski definition) is 2. The molecule has 0 spiro atoms. The molecular weight excluding hydrogens is 234 g/mol. The lowest BCUT2D eigenvalue weighted by molar-refractivity contribution is 0.678. The van der Waals surface area contributed by atoms with Crippen LogP contribution in [-0.4, -0.2) is 10.2 Å². The summed E-state index contributed by atoms with van der Waals surface area (Å²) in [7, 11) is 0. The average molecular weight is 250 g/mol. The van der Waals surface area contributed by atoms with E-state index >= 15 is 0 Å². The number of hydrogen-bond acceptors (Lipinski definition) is 2. The van der Waals surface area contributed by atoms with Gasteiger partial charge in [0.15, 0.2) is 0 Å². The molecule has 2 rings (SSSR count). The van der Waals surface area contributed by atoms with Crippen LogP contribution in [0.25, 0.3) is 0 Å². The zero-order valence-electron chi connectivity index (χ0n) is 9.78. The minimum atomic E-state index is 0.301. The summed E-state index contributed by atoms with van der Waals surface area (Å²) < 4.78 is 0. The molecule has 2 N–H and O–H groups in total. The molecule has 0 aliphatic rings. The Morgan fingerprint density at radius 1 is 1.35 bits per heavy atom. The van der Waals surface area contributed by atoms with Gasteiger partial charge in [0.25, 0.3) is 0 Å². The van der Waals surface area contributed by atoms with Crippen molar-refractivity contribution in [3.05, 3.63) is 47.2 Å². The zero-order chi connectivity index (χ0) is 12.1. The van der Waals surface area contributed by atoms with Crippen LogP contribution in [0.3, 0.4) is 0 Å². The molecule has 4 heteroatoms. The molecule has 0 fully saturated rings. The van der Waals surface area contributed by atoms with Gasteiger partial charge in [-0.1, -0.05) is 37.1 Å². The second-order valence-corrected chi connectivity index (χ2v) is 4.46. The lowest BCUT2D eigenvalue weighted by Gasteiger charge is -2.18. The Hall–Kier alpha value is -1.48. The molecule has 0 saturated carbocycles. The first-order valence-electron chi connectivity index (χ1n) is 5.80. The summed E-state index contributed by atoms with van der Waals surface area (Å²) >= 11 is 5.90. The second-order valence-electron chi connectivity index (χ2n) is 4.02. The number of H-pyrrole nitrogens is 1. The van der Waals surface area contributed by atoms with Gasteiger partial charge in [-0.05, 0) is 24.1 Å². The first kappa shape index (κ1) is 12.0. The molecule has 0 aliphatic carbocycles. The van der Waals surface area contributed by atoms with Gasteiger partial charge in [-0.15, -0.1) is 0 Å². The topological polar surface area (TPSA) is 40.7 Å². The Morgan fingerprint density at radius 3 is 2.71 bits per heavy atom. The van der Waals surface area contributed by atoms with E-state index in [-0.39, 0.29) is 0 Å². The molecule has 1 aromatic carbocycles. The number of halogens is 1. The standard InChI is InChI=1S/C13H16ClN3/c1-2-3-13(17-12-8-15-16-9-12)10-4-6-11(14)7-5-10/h4-9,13,17H,2-3H2,1H3,(H,15,16). The van der Waals surface area contributed by atoms with E-state index in [1.54, 1.807) is 6.20 Å². The van der Waals surface area contributed by atoms with E-state index in [9.17, 15) is 0 Å². The second kappa shape index (κ2) is 5.73.